The van der Waals surface area contributed by atoms with Crippen molar-refractivity contribution < 1.29 is 0 Å². The predicted octanol–water partition coefficient (Wildman–Crippen LogP) is 5.41. The molecule has 3 aromatic heterocycles. The number of benzene rings is 1. The predicted molar refractivity (Wildman–Crippen MR) is 120 cm³/mol. The lowest BCUT2D eigenvalue weighted by atomic mass is 10.1. The Hall–Kier alpha value is -3.39. The molecule has 4 aromatic rings. The summed E-state index contributed by atoms with van der Waals surface area (Å²) < 4.78 is 4.43. The fourth-order valence-corrected chi connectivity index (χ4v) is 4.20. The van der Waals surface area contributed by atoms with Gasteiger partial charge in [-0.1, -0.05) is 31.2 Å². The normalized spacial score (nSPS) is 11.2. The van der Waals surface area contributed by atoms with Gasteiger partial charge < -0.3 is 9.13 Å². The standard InChI is InChI=1S/C25H27N5/c1-5-7-22-28-23-17(3)12-13-27-25(23)30(22)16-19-8-10-20(11-9-19)24-21(15-26)14-18(4)29(24)6-2/h8-14H,5-7,16H2,1-4H3. The average molecular weight is 398 g/mol. The topological polar surface area (TPSA) is 59.4 Å². The molecule has 152 valence electrons. The van der Waals surface area contributed by atoms with Crippen molar-refractivity contribution in [2.45, 2.75) is 53.6 Å². The summed E-state index contributed by atoms with van der Waals surface area (Å²) in [7, 11) is 0. The molecule has 0 atom stereocenters. The van der Waals surface area contributed by atoms with Crippen LogP contribution in [0.1, 0.15) is 48.5 Å². The van der Waals surface area contributed by atoms with Crippen molar-refractivity contribution in [3.63, 3.8) is 0 Å². The van der Waals surface area contributed by atoms with E-state index in [-0.39, 0.29) is 0 Å². The van der Waals surface area contributed by atoms with E-state index < -0.39 is 0 Å². The molecular weight excluding hydrogens is 370 g/mol. The van der Waals surface area contributed by atoms with Crippen LogP contribution in [0.4, 0.5) is 0 Å². The molecule has 0 fully saturated rings. The molecule has 0 aliphatic carbocycles. The second-order valence-corrected chi connectivity index (χ2v) is 7.77. The third kappa shape index (κ3) is 3.39. The Morgan fingerprint density at radius 1 is 1.03 bits per heavy atom. The summed E-state index contributed by atoms with van der Waals surface area (Å²) in [4.78, 5) is 9.49. The number of hydrogen-bond donors (Lipinski definition) is 0. The number of fused-ring (bicyclic) bond motifs is 1. The lowest BCUT2D eigenvalue weighted by Crippen LogP contribution is -2.06. The number of aromatic nitrogens is 4. The van der Waals surface area contributed by atoms with Crippen LogP contribution in [-0.2, 0) is 19.5 Å². The van der Waals surface area contributed by atoms with Crippen molar-refractivity contribution in [3.8, 4) is 17.3 Å². The van der Waals surface area contributed by atoms with Crippen LogP contribution >= 0.6 is 0 Å². The number of aryl methyl sites for hydroxylation is 3. The molecule has 0 N–H and O–H groups in total. The molecule has 0 radical (unpaired) electrons. The first-order valence-electron chi connectivity index (χ1n) is 10.6. The third-order valence-electron chi connectivity index (χ3n) is 5.70. The number of pyridine rings is 1. The molecule has 0 amide bonds. The highest BCUT2D eigenvalue weighted by atomic mass is 15.1. The lowest BCUT2D eigenvalue weighted by molar-refractivity contribution is 0.716. The number of nitriles is 1. The molecule has 0 aliphatic heterocycles. The summed E-state index contributed by atoms with van der Waals surface area (Å²) in [5.74, 6) is 1.08. The van der Waals surface area contributed by atoms with E-state index in [4.69, 9.17) is 4.98 Å². The average Bonchev–Trinajstić information content (AvgIpc) is 3.27. The van der Waals surface area contributed by atoms with Gasteiger partial charge in [-0.3, -0.25) is 0 Å². The molecule has 4 rings (SSSR count). The van der Waals surface area contributed by atoms with Gasteiger partial charge in [-0.15, -0.1) is 0 Å². The van der Waals surface area contributed by atoms with Gasteiger partial charge in [0.25, 0.3) is 0 Å². The van der Waals surface area contributed by atoms with Crippen molar-refractivity contribution in [2.24, 2.45) is 0 Å². The number of hydrogen-bond acceptors (Lipinski definition) is 3. The zero-order valence-electron chi connectivity index (χ0n) is 18.1. The van der Waals surface area contributed by atoms with Crippen LogP contribution < -0.4 is 0 Å². The molecule has 5 heteroatoms. The van der Waals surface area contributed by atoms with Gasteiger partial charge in [0, 0.05) is 24.9 Å². The molecule has 3 heterocycles. The minimum absolute atomic E-state index is 0.729. The van der Waals surface area contributed by atoms with Crippen molar-refractivity contribution in [1.29, 1.82) is 5.26 Å². The Labute approximate surface area is 177 Å². The van der Waals surface area contributed by atoms with E-state index in [1.807, 2.05) is 18.3 Å². The van der Waals surface area contributed by atoms with Gasteiger partial charge in [-0.25, -0.2) is 9.97 Å². The van der Waals surface area contributed by atoms with Gasteiger partial charge in [0.2, 0.25) is 0 Å². The maximum absolute atomic E-state index is 9.56. The molecule has 0 saturated carbocycles. The Balaban J connectivity index is 1.72. The van der Waals surface area contributed by atoms with Crippen LogP contribution in [0.3, 0.4) is 0 Å². The van der Waals surface area contributed by atoms with Crippen LogP contribution in [0.25, 0.3) is 22.4 Å². The summed E-state index contributed by atoms with van der Waals surface area (Å²) in [6.07, 6.45) is 3.84. The Morgan fingerprint density at radius 3 is 2.47 bits per heavy atom. The van der Waals surface area contributed by atoms with Crippen molar-refractivity contribution in [2.75, 3.05) is 0 Å². The van der Waals surface area contributed by atoms with E-state index >= 15 is 0 Å². The van der Waals surface area contributed by atoms with E-state index in [0.29, 0.717) is 0 Å². The van der Waals surface area contributed by atoms with Gasteiger partial charge in [0.1, 0.15) is 17.4 Å². The number of nitrogens with zero attached hydrogens (tertiary/aromatic N) is 5. The smallest absolute Gasteiger partial charge is 0.160 e. The first kappa shape index (κ1) is 19.9. The fourth-order valence-electron chi connectivity index (χ4n) is 4.20. The first-order chi connectivity index (χ1) is 14.6. The molecule has 5 nitrogen and oxygen atoms in total. The minimum atomic E-state index is 0.729. The van der Waals surface area contributed by atoms with Gasteiger partial charge >= 0.3 is 0 Å². The molecule has 0 bridgehead atoms. The maximum Gasteiger partial charge on any atom is 0.160 e. The minimum Gasteiger partial charge on any atom is -0.344 e. The van der Waals surface area contributed by atoms with Gasteiger partial charge in [-0.05, 0) is 56.0 Å². The van der Waals surface area contributed by atoms with E-state index in [1.54, 1.807) is 0 Å². The van der Waals surface area contributed by atoms with E-state index in [1.165, 1.54) is 5.56 Å². The Bertz CT molecular complexity index is 1240. The number of imidazole rings is 1. The van der Waals surface area contributed by atoms with Gasteiger partial charge in [0.15, 0.2) is 5.65 Å². The van der Waals surface area contributed by atoms with Crippen LogP contribution in [0.5, 0.6) is 0 Å². The van der Waals surface area contributed by atoms with Crippen LogP contribution in [-0.4, -0.2) is 19.1 Å². The summed E-state index contributed by atoms with van der Waals surface area (Å²) in [5.41, 5.74) is 8.22. The highest BCUT2D eigenvalue weighted by molar-refractivity contribution is 5.75. The molecule has 0 aliphatic rings. The third-order valence-corrected chi connectivity index (χ3v) is 5.70. The highest BCUT2D eigenvalue weighted by Gasteiger charge is 2.15. The maximum atomic E-state index is 9.56. The zero-order chi connectivity index (χ0) is 21.3. The monoisotopic (exact) mass is 397 g/mol. The van der Waals surface area contributed by atoms with Crippen LogP contribution in [0.15, 0.2) is 42.6 Å². The van der Waals surface area contributed by atoms with Crippen molar-refractivity contribution in [3.05, 3.63) is 70.8 Å². The molecule has 1 aromatic carbocycles. The highest BCUT2D eigenvalue weighted by Crippen LogP contribution is 2.28. The largest absolute Gasteiger partial charge is 0.344 e. The molecule has 0 spiro atoms. The van der Waals surface area contributed by atoms with Crippen LogP contribution in [0, 0.1) is 25.2 Å². The number of rotatable bonds is 6. The SMILES string of the molecule is CCCc1nc2c(C)ccnc2n1Cc1ccc(-c2c(C#N)cc(C)n2CC)cc1. The molecule has 30 heavy (non-hydrogen) atoms. The Morgan fingerprint density at radius 2 is 1.80 bits per heavy atom. The second-order valence-electron chi connectivity index (χ2n) is 7.77. The second kappa shape index (κ2) is 8.16. The van der Waals surface area contributed by atoms with E-state index in [2.05, 4.69) is 72.1 Å². The van der Waals surface area contributed by atoms with Gasteiger partial charge in [-0.2, -0.15) is 5.26 Å². The summed E-state index contributed by atoms with van der Waals surface area (Å²) in [6.45, 7) is 10.0. The van der Waals surface area contributed by atoms with Crippen LogP contribution in [0.2, 0.25) is 0 Å². The van der Waals surface area contributed by atoms with E-state index in [0.717, 1.165) is 71.0 Å². The molecule has 0 unspecified atom stereocenters. The van der Waals surface area contributed by atoms with E-state index in [9.17, 15) is 5.26 Å². The lowest BCUT2D eigenvalue weighted by Gasteiger charge is -2.12. The molecule has 0 saturated heterocycles. The fraction of sp³-hybridized carbons (Fsp3) is 0.320. The summed E-state index contributed by atoms with van der Waals surface area (Å²) >= 11 is 0. The quantitative estimate of drug-likeness (QED) is 0.437. The summed E-state index contributed by atoms with van der Waals surface area (Å²) in [5, 5.41) is 9.56. The summed E-state index contributed by atoms with van der Waals surface area (Å²) in [6, 6.07) is 14.9. The first-order valence-corrected chi connectivity index (χ1v) is 10.6. The molecular formula is C25H27N5. The Kier molecular flexibility index (Phi) is 5.41. The van der Waals surface area contributed by atoms with Gasteiger partial charge in [0.05, 0.1) is 17.8 Å². The zero-order valence-corrected chi connectivity index (χ0v) is 18.1. The van der Waals surface area contributed by atoms with Crippen molar-refractivity contribution >= 4 is 11.2 Å². The van der Waals surface area contributed by atoms with Crippen molar-refractivity contribution in [1.82, 2.24) is 19.1 Å².